The minimum atomic E-state index is -0.500. The summed E-state index contributed by atoms with van der Waals surface area (Å²) in [5.74, 6) is 0.741. The first-order valence-corrected chi connectivity index (χ1v) is 13.7. The monoisotopic (exact) mass is 516 g/mol. The summed E-state index contributed by atoms with van der Waals surface area (Å²) in [6.07, 6.45) is 2.54. The van der Waals surface area contributed by atoms with Gasteiger partial charge in [0.05, 0.1) is 10.9 Å². The topological polar surface area (TPSA) is 84.6 Å². The zero-order chi connectivity index (χ0) is 26.8. The van der Waals surface area contributed by atoms with Crippen molar-refractivity contribution in [2.75, 3.05) is 19.6 Å². The second kappa shape index (κ2) is 11.0. The van der Waals surface area contributed by atoms with Gasteiger partial charge in [-0.05, 0) is 54.4 Å². The number of likely N-dealkylation sites (tertiary alicyclic amines) is 1. The van der Waals surface area contributed by atoms with Gasteiger partial charge in [-0.2, -0.15) is 0 Å². The molecule has 38 heavy (non-hydrogen) atoms. The summed E-state index contributed by atoms with van der Waals surface area (Å²) in [6.45, 7) is 6.93. The van der Waals surface area contributed by atoms with Crippen LogP contribution in [0.5, 0.6) is 0 Å². The average molecular weight is 517 g/mol. The fourth-order valence-electron chi connectivity index (χ4n) is 6.08. The van der Waals surface area contributed by atoms with Crippen LogP contribution in [0.4, 0.5) is 0 Å². The first-order valence-electron chi connectivity index (χ1n) is 13.7. The summed E-state index contributed by atoms with van der Waals surface area (Å²) < 4.78 is 2.61. The number of fused-ring (bicyclic) bond motifs is 2. The Hall–Kier alpha value is -3.68. The quantitative estimate of drug-likeness (QED) is 0.504. The Bertz CT molecular complexity index is 1460. The molecular weight excluding hydrogens is 480 g/mol. The fourth-order valence-corrected chi connectivity index (χ4v) is 6.08. The predicted molar refractivity (Wildman–Crippen MR) is 147 cm³/mol. The molecule has 1 fully saturated rings. The normalized spacial score (nSPS) is 19.4. The van der Waals surface area contributed by atoms with Gasteiger partial charge in [-0.25, -0.2) is 4.79 Å². The summed E-state index contributed by atoms with van der Waals surface area (Å²) in [6, 6.07) is 15.1. The van der Waals surface area contributed by atoms with E-state index < -0.39 is 5.69 Å². The molecule has 0 N–H and O–H groups in total. The number of rotatable bonds is 6. The molecule has 2 aliphatic rings. The van der Waals surface area contributed by atoms with Gasteiger partial charge in [0.1, 0.15) is 6.54 Å². The van der Waals surface area contributed by atoms with Crippen molar-refractivity contribution < 1.29 is 9.59 Å². The highest BCUT2D eigenvalue weighted by Gasteiger charge is 2.27. The van der Waals surface area contributed by atoms with E-state index in [4.69, 9.17) is 0 Å². The van der Waals surface area contributed by atoms with E-state index in [9.17, 15) is 19.2 Å². The highest BCUT2D eigenvalue weighted by atomic mass is 16.2. The van der Waals surface area contributed by atoms with Gasteiger partial charge in [0, 0.05) is 39.1 Å². The molecule has 8 nitrogen and oxygen atoms in total. The number of aromatic nitrogens is 2. The van der Waals surface area contributed by atoms with Crippen LogP contribution in [0.15, 0.2) is 58.1 Å². The third kappa shape index (κ3) is 5.30. The number of hydrogen-bond donors (Lipinski definition) is 0. The number of nitrogens with zero attached hydrogens (tertiary/aromatic N) is 4. The molecule has 3 heterocycles. The molecule has 5 rings (SSSR count). The Morgan fingerprint density at radius 2 is 1.53 bits per heavy atom. The molecule has 2 atom stereocenters. The lowest BCUT2D eigenvalue weighted by molar-refractivity contribution is -0.134. The van der Waals surface area contributed by atoms with Gasteiger partial charge >= 0.3 is 5.69 Å². The highest BCUT2D eigenvalue weighted by Crippen LogP contribution is 2.22. The number of para-hydroxylation sites is 1. The van der Waals surface area contributed by atoms with E-state index in [-0.39, 0.29) is 36.9 Å². The molecule has 8 heteroatoms. The Balaban J connectivity index is 1.33. The van der Waals surface area contributed by atoms with Gasteiger partial charge in [0.15, 0.2) is 0 Å². The van der Waals surface area contributed by atoms with Gasteiger partial charge in [-0.1, -0.05) is 50.2 Å². The van der Waals surface area contributed by atoms with Crippen LogP contribution >= 0.6 is 0 Å². The van der Waals surface area contributed by atoms with Crippen LogP contribution in [0.3, 0.4) is 0 Å². The first-order chi connectivity index (χ1) is 18.3. The van der Waals surface area contributed by atoms with Gasteiger partial charge in [-0.15, -0.1) is 0 Å². The lowest BCUT2D eigenvalue weighted by Crippen LogP contribution is -2.47. The standard InChI is InChI=1S/C30H36N4O4/c1-21-16-22(2)18-32(17-21)28(36)20-34-26-11-6-5-10-25(26)29(37)33(30(34)38)14-7-12-27(35)31-15-13-23-8-3-4-9-24(23)19-31/h3-6,8-11,21-22H,7,12-20H2,1-2H3/t21-,22-/m0/s1. The lowest BCUT2D eigenvalue weighted by Gasteiger charge is -2.35. The zero-order valence-corrected chi connectivity index (χ0v) is 22.3. The molecule has 0 spiro atoms. The number of hydrogen-bond acceptors (Lipinski definition) is 4. The number of carbonyl (C=O) groups excluding carboxylic acids is 2. The Kier molecular flexibility index (Phi) is 7.49. The molecule has 1 saturated heterocycles. The van der Waals surface area contributed by atoms with Crippen LogP contribution in [-0.2, 0) is 35.6 Å². The molecule has 0 saturated carbocycles. The Morgan fingerprint density at radius 1 is 0.842 bits per heavy atom. The fraction of sp³-hybridized carbons (Fsp3) is 0.467. The summed E-state index contributed by atoms with van der Waals surface area (Å²) in [5.41, 5.74) is 2.03. The van der Waals surface area contributed by atoms with E-state index >= 15 is 0 Å². The molecule has 2 amide bonds. The largest absolute Gasteiger partial charge is 0.341 e. The van der Waals surface area contributed by atoms with Crippen molar-refractivity contribution in [3.63, 3.8) is 0 Å². The van der Waals surface area contributed by atoms with Crippen LogP contribution in [0.2, 0.25) is 0 Å². The molecule has 2 aliphatic heterocycles. The van der Waals surface area contributed by atoms with Crippen molar-refractivity contribution in [2.24, 2.45) is 11.8 Å². The maximum atomic E-state index is 13.5. The van der Waals surface area contributed by atoms with Crippen LogP contribution < -0.4 is 11.2 Å². The third-order valence-corrected chi connectivity index (χ3v) is 7.90. The first kappa shape index (κ1) is 25.9. The second-order valence-corrected chi connectivity index (χ2v) is 11.0. The summed E-state index contributed by atoms with van der Waals surface area (Å²) in [7, 11) is 0. The van der Waals surface area contributed by atoms with Gasteiger partial charge in [0.2, 0.25) is 11.8 Å². The molecular formula is C30H36N4O4. The Morgan fingerprint density at radius 3 is 2.29 bits per heavy atom. The van der Waals surface area contributed by atoms with E-state index in [0.717, 1.165) is 12.8 Å². The smallest absolute Gasteiger partial charge is 0.331 e. The van der Waals surface area contributed by atoms with Crippen LogP contribution in [0, 0.1) is 11.8 Å². The van der Waals surface area contributed by atoms with Crippen LogP contribution in [0.1, 0.15) is 44.2 Å². The number of benzene rings is 2. The SMILES string of the molecule is C[C@H]1C[C@H](C)CN(C(=O)Cn2c(=O)n(CCCC(=O)N3CCc4ccccc4C3)c(=O)c3ccccc32)C1. The number of piperidine rings is 1. The maximum absolute atomic E-state index is 13.5. The van der Waals surface area contributed by atoms with E-state index in [1.165, 1.54) is 20.3 Å². The lowest BCUT2D eigenvalue weighted by atomic mass is 9.92. The molecule has 0 aliphatic carbocycles. The molecule has 1 aromatic heterocycles. The van der Waals surface area contributed by atoms with E-state index in [0.29, 0.717) is 55.3 Å². The van der Waals surface area contributed by atoms with Gasteiger partial charge in [-0.3, -0.25) is 23.5 Å². The van der Waals surface area contributed by atoms with Crippen molar-refractivity contribution in [3.8, 4) is 0 Å². The van der Waals surface area contributed by atoms with E-state index in [1.807, 2.05) is 21.9 Å². The van der Waals surface area contributed by atoms with E-state index in [1.54, 1.807) is 24.3 Å². The number of amides is 2. The highest BCUT2D eigenvalue weighted by molar-refractivity contribution is 5.82. The Labute approximate surface area is 222 Å². The summed E-state index contributed by atoms with van der Waals surface area (Å²) in [4.78, 5) is 56.6. The van der Waals surface area contributed by atoms with Crippen molar-refractivity contribution in [1.82, 2.24) is 18.9 Å². The van der Waals surface area contributed by atoms with Crippen LogP contribution in [-0.4, -0.2) is 50.4 Å². The minimum Gasteiger partial charge on any atom is -0.341 e. The summed E-state index contributed by atoms with van der Waals surface area (Å²) >= 11 is 0. The maximum Gasteiger partial charge on any atom is 0.331 e. The van der Waals surface area contributed by atoms with Crippen molar-refractivity contribution in [1.29, 1.82) is 0 Å². The molecule has 2 aromatic carbocycles. The average Bonchev–Trinajstić information content (AvgIpc) is 2.91. The molecule has 0 radical (unpaired) electrons. The van der Waals surface area contributed by atoms with Crippen molar-refractivity contribution in [2.45, 2.75) is 59.2 Å². The van der Waals surface area contributed by atoms with Crippen LogP contribution in [0.25, 0.3) is 10.9 Å². The van der Waals surface area contributed by atoms with Crippen molar-refractivity contribution in [3.05, 3.63) is 80.5 Å². The van der Waals surface area contributed by atoms with Gasteiger partial charge in [0.25, 0.3) is 5.56 Å². The minimum absolute atomic E-state index is 0.0252. The molecule has 0 unspecified atom stereocenters. The number of carbonyl (C=O) groups is 2. The third-order valence-electron chi connectivity index (χ3n) is 7.90. The van der Waals surface area contributed by atoms with E-state index in [2.05, 4.69) is 26.0 Å². The molecule has 0 bridgehead atoms. The van der Waals surface area contributed by atoms with Gasteiger partial charge < -0.3 is 9.80 Å². The second-order valence-electron chi connectivity index (χ2n) is 11.0. The molecule has 200 valence electrons. The summed E-state index contributed by atoms with van der Waals surface area (Å²) in [5, 5.41) is 0.402. The van der Waals surface area contributed by atoms with Crippen molar-refractivity contribution >= 4 is 22.7 Å². The molecule has 3 aromatic rings. The predicted octanol–water partition coefficient (Wildman–Crippen LogP) is 3.03. The zero-order valence-electron chi connectivity index (χ0n) is 22.3.